The highest BCUT2D eigenvalue weighted by Crippen LogP contribution is 2.16. The van der Waals surface area contributed by atoms with Crippen molar-refractivity contribution in [1.82, 2.24) is 25.6 Å². The highest BCUT2D eigenvalue weighted by Gasteiger charge is 2.11. The zero-order valence-corrected chi connectivity index (χ0v) is 13.6. The Labute approximate surface area is 128 Å². The molecule has 0 atom stereocenters. The maximum atomic E-state index is 5.49. The summed E-state index contributed by atoms with van der Waals surface area (Å²) in [5, 5.41) is 15.0. The second-order valence-corrected chi connectivity index (χ2v) is 5.22. The zero-order chi connectivity index (χ0) is 15.3. The first kappa shape index (κ1) is 18.1. The van der Waals surface area contributed by atoms with Gasteiger partial charge < -0.3 is 16.4 Å². The van der Waals surface area contributed by atoms with Gasteiger partial charge in [0.15, 0.2) is 0 Å². The van der Waals surface area contributed by atoms with E-state index in [1.807, 2.05) is 24.7 Å². The van der Waals surface area contributed by atoms with Crippen molar-refractivity contribution in [2.75, 3.05) is 19.6 Å². The highest BCUT2D eigenvalue weighted by atomic mass is 15.4. The van der Waals surface area contributed by atoms with Gasteiger partial charge in [-0.3, -0.25) is 4.68 Å². The summed E-state index contributed by atoms with van der Waals surface area (Å²) in [5.41, 5.74) is 6.33. The number of aromatic nitrogens is 3. The summed E-state index contributed by atoms with van der Waals surface area (Å²) in [6, 6.07) is 0.748. The van der Waals surface area contributed by atoms with Crippen molar-refractivity contribution in [3.63, 3.8) is 0 Å². The van der Waals surface area contributed by atoms with Gasteiger partial charge in [-0.05, 0) is 12.8 Å². The molecule has 2 rings (SSSR count). The molecule has 6 heteroatoms. The second kappa shape index (κ2) is 11.7. The van der Waals surface area contributed by atoms with Crippen molar-refractivity contribution in [2.45, 2.75) is 65.1 Å². The second-order valence-electron chi connectivity index (χ2n) is 5.22. The van der Waals surface area contributed by atoms with Crippen LogP contribution in [0.5, 0.6) is 0 Å². The van der Waals surface area contributed by atoms with Crippen LogP contribution in [-0.4, -0.2) is 40.7 Å². The molecule has 0 saturated heterocycles. The minimum atomic E-state index is 0.457. The van der Waals surface area contributed by atoms with Gasteiger partial charge in [-0.1, -0.05) is 38.3 Å². The Kier molecular flexibility index (Phi) is 10.0. The van der Waals surface area contributed by atoms with E-state index in [0.717, 1.165) is 37.9 Å². The third kappa shape index (κ3) is 7.55. The normalized spacial score (nSPS) is 15.6. The van der Waals surface area contributed by atoms with Crippen LogP contribution in [0.15, 0.2) is 6.20 Å². The Morgan fingerprint density at radius 3 is 2.62 bits per heavy atom. The number of hydrogen-bond acceptors (Lipinski definition) is 5. The summed E-state index contributed by atoms with van der Waals surface area (Å²) in [7, 11) is 0. The van der Waals surface area contributed by atoms with Gasteiger partial charge in [-0.25, -0.2) is 0 Å². The van der Waals surface area contributed by atoms with Crippen molar-refractivity contribution >= 4 is 0 Å². The molecule has 0 radical (unpaired) electrons. The molecule has 1 aromatic heterocycles. The summed E-state index contributed by atoms with van der Waals surface area (Å²) < 4.78 is 1.84. The lowest BCUT2D eigenvalue weighted by molar-refractivity contribution is 0.372. The van der Waals surface area contributed by atoms with Gasteiger partial charge in [0, 0.05) is 38.4 Å². The Balaban J connectivity index is 0.00000106. The molecule has 21 heavy (non-hydrogen) atoms. The lowest BCUT2D eigenvalue weighted by Crippen LogP contribution is -2.37. The van der Waals surface area contributed by atoms with Gasteiger partial charge in [0.05, 0.1) is 12.2 Å². The minimum absolute atomic E-state index is 0.457. The maximum Gasteiger partial charge on any atom is 0.0962 e. The fourth-order valence-corrected chi connectivity index (χ4v) is 2.53. The average Bonchev–Trinajstić information content (AvgIpc) is 3.02. The summed E-state index contributed by atoms with van der Waals surface area (Å²) in [6.45, 7) is 8.28. The van der Waals surface area contributed by atoms with Crippen LogP contribution < -0.4 is 16.4 Å². The molecule has 4 N–H and O–H groups in total. The molecule has 0 aromatic carbocycles. The van der Waals surface area contributed by atoms with Gasteiger partial charge in [0.2, 0.25) is 0 Å². The van der Waals surface area contributed by atoms with E-state index in [9.17, 15) is 0 Å². The van der Waals surface area contributed by atoms with E-state index in [1.165, 1.54) is 32.1 Å². The third-order valence-corrected chi connectivity index (χ3v) is 3.65. The minimum Gasteiger partial charge on any atom is -0.325 e. The first-order chi connectivity index (χ1) is 10.4. The van der Waals surface area contributed by atoms with Crippen LogP contribution in [-0.2, 0) is 13.1 Å². The van der Waals surface area contributed by atoms with E-state index >= 15 is 0 Å². The molecule has 0 aliphatic heterocycles. The molecule has 1 fully saturated rings. The molecule has 6 nitrogen and oxygen atoms in total. The molecule has 122 valence electrons. The molecular weight excluding hydrogens is 264 g/mol. The van der Waals surface area contributed by atoms with Gasteiger partial charge in [0.1, 0.15) is 0 Å². The van der Waals surface area contributed by atoms with Crippen molar-refractivity contribution in [1.29, 1.82) is 0 Å². The maximum absolute atomic E-state index is 5.49. The van der Waals surface area contributed by atoms with Crippen LogP contribution in [0.1, 0.15) is 51.6 Å². The molecule has 0 bridgehead atoms. The predicted octanol–water partition coefficient (Wildman–Crippen LogP) is 1.27. The molecule has 1 aliphatic carbocycles. The number of nitrogens with one attached hydrogen (secondary N) is 2. The van der Waals surface area contributed by atoms with E-state index in [-0.39, 0.29) is 0 Å². The van der Waals surface area contributed by atoms with Crippen molar-refractivity contribution < 1.29 is 0 Å². The summed E-state index contributed by atoms with van der Waals surface area (Å²) >= 11 is 0. The molecule has 1 aliphatic rings. The van der Waals surface area contributed by atoms with Crippen LogP contribution in [0.2, 0.25) is 0 Å². The SMILES string of the molecule is CC.NCc1cn(CCNCCNC2CCCCC2)nn1. The molecule has 0 amide bonds. The summed E-state index contributed by atoms with van der Waals surface area (Å²) in [5.74, 6) is 0. The van der Waals surface area contributed by atoms with Gasteiger partial charge in [-0.15, -0.1) is 5.10 Å². The topological polar surface area (TPSA) is 80.8 Å². The highest BCUT2D eigenvalue weighted by molar-refractivity contribution is 4.90. The van der Waals surface area contributed by atoms with Crippen molar-refractivity contribution in [3.8, 4) is 0 Å². The van der Waals surface area contributed by atoms with Gasteiger partial charge in [0.25, 0.3) is 0 Å². The Bertz CT molecular complexity index is 346. The molecule has 1 saturated carbocycles. The first-order valence-corrected chi connectivity index (χ1v) is 8.41. The van der Waals surface area contributed by atoms with E-state index in [4.69, 9.17) is 5.73 Å². The lowest BCUT2D eigenvalue weighted by atomic mass is 9.95. The molecule has 1 heterocycles. The molecule has 0 spiro atoms. The van der Waals surface area contributed by atoms with Crippen LogP contribution >= 0.6 is 0 Å². The van der Waals surface area contributed by atoms with Crippen LogP contribution in [0, 0.1) is 0 Å². The van der Waals surface area contributed by atoms with E-state index in [2.05, 4.69) is 20.9 Å². The van der Waals surface area contributed by atoms with Crippen LogP contribution in [0.3, 0.4) is 0 Å². The first-order valence-electron chi connectivity index (χ1n) is 8.41. The fourth-order valence-electron chi connectivity index (χ4n) is 2.53. The Morgan fingerprint density at radius 2 is 1.95 bits per heavy atom. The quantitative estimate of drug-likeness (QED) is 0.630. The van der Waals surface area contributed by atoms with Crippen LogP contribution in [0.25, 0.3) is 0 Å². The smallest absolute Gasteiger partial charge is 0.0962 e. The molecular formula is C15H32N6. The predicted molar refractivity (Wildman–Crippen MR) is 87.0 cm³/mol. The Hall–Kier alpha value is -0.980. The zero-order valence-electron chi connectivity index (χ0n) is 13.6. The lowest BCUT2D eigenvalue weighted by Gasteiger charge is -2.22. The van der Waals surface area contributed by atoms with Gasteiger partial charge in [-0.2, -0.15) is 0 Å². The third-order valence-electron chi connectivity index (χ3n) is 3.65. The number of nitrogens with zero attached hydrogens (tertiary/aromatic N) is 3. The molecule has 1 aromatic rings. The standard InChI is InChI=1S/C13H26N6.C2H6/c14-10-13-11-19(18-17-13)9-8-15-6-7-16-12-4-2-1-3-5-12;1-2/h11-12,15-16H,1-10,14H2;1-2H3. The number of rotatable bonds is 8. The average molecular weight is 296 g/mol. The summed E-state index contributed by atoms with van der Waals surface area (Å²) in [6.07, 6.45) is 8.80. The largest absolute Gasteiger partial charge is 0.325 e. The van der Waals surface area contributed by atoms with Crippen molar-refractivity contribution in [2.24, 2.45) is 5.73 Å². The molecule has 0 unspecified atom stereocenters. The van der Waals surface area contributed by atoms with E-state index < -0.39 is 0 Å². The van der Waals surface area contributed by atoms with Gasteiger partial charge >= 0.3 is 0 Å². The number of nitrogens with two attached hydrogens (primary N) is 1. The Morgan fingerprint density at radius 1 is 1.19 bits per heavy atom. The monoisotopic (exact) mass is 296 g/mol. The van der Waals surface area contributed by atoms with E-state index in [0.29, 0.717) is 6.54 Å². The fraction of sp³-hybridized carbons (Fsp3) is 0.867. The van der Waals surface area contributed by atoms with Crippen molar-refractivity contribution in [3.05, 3.63) is 11.9 Å². The number of hydrogen-bond donors (Lipinski definition) is 3. The van der Waals surface area contributed by atoms with Crippen LogP contribution in [0.4, 0.5) is 0 Å². The summed E-state index contributed by atoms with van der Waals surface area (Å²) in [4.78, 5) is 0. The van der Waals surface area contributed by atoms with E-state index in [1.54, 1.807) is 0 Å².